The lowest BCUT2D eigenvalue weighted by Gasteiger charge is -2.32. The van der Waals surface area contributed by atoms with Gasteiger partial charge in [-0.25, -0.2) is 14.0 Å². The number of ether oxygens (including phenoxy) is 1. The van der Waals surface area contributed by atoms with E-state index in [1.54, 1.807) is 31.2 Å². The summed E-state index contributed by atoms with van der Waals surface area (Å²) in [5, 5.41) is 0.629. The predicted molar refractivity (Wildman–Crippen MR) is 105 cm³/mol. The molecule has 1 fully saturated rings. The molecular weight excluding hydrogens is 427 g/mol. The van der Waals surface area contributed by atoms with Crippen molar-refractivity contribution in [3.8, 4) is 0 Å². The highest BCUT2D eigenvalue weighted by atomic mass is 35.5. The van der Waals surface area contributed by atoms with Crippen LogP contribution in [0.3, 0.4) is 0 Å². The highest BCUT2D eigenvalue weighted by Crippen LogP contribution is 2.40. The molecule has 2 N–H and O–H groups in total. The van der Waals surface area contributed by atoms with Crippen molar-refractivity contribution >= 4 is 21.3 Å². The molecule has 1 aromatic carbocycles. The molecule has 1 aromatic heterocycles. The molecule has 1 saturated carbocycles. The maximum atomic E-state index is 12.9. The summed E-state index contributed by atoms with van der Waals surface area (Å²) in [7, 11) is -3.04. The second-order valence-electron chi connectivity index (χ2n) is 7.48. The zero-order valence-corrected chi connectivity index (χ0v) is 17.6. The number of aromatic amines is 1. The third-order valence-corrected chi connectivity index (χ3v) is 6.46. The largest absolute Gasteiger partial charge is 0.391 e. The molecule has 2 unspecified atom stereocenters. The van der Waals surface area contributed by atoms with E-state index in [1.165, 1.54) is 6.26 Å². The van der Waals surface area contributed by atoms with Crippen LogP contribution in [0.15, 0.2) is 29.3 Å². The third kappa shape index (κ3) is 5.32. The lowest BCUT2D eigenvalue weighted by molar-refractivity contribution is -0.188. The van der Waals surface area contributed by atoms with Crippen LogP contribution < -0.4 is 0 Å². The smallest absolute Gasteiger partial charge is 0.362 e. The van der Waals surface area contributed by atoms with E-state index in [0.717, 1.165) is 0 Å². The fourth-order valence-corrected chi connectivity index (χ4v) is 4.77. The summed E-state index contributed by atoms with van der Waals surface area (Å²) in [5.41, 5.74) is 1.18. The summed E-state index contributed by atoms with van der Waals surface area (Å²) in [5.74, 6) is -0.933. The molecule has 1 aliphatic carbocycles. The summed E-state index contributed by atoms with van der Waals surface area (Å²) in [4.78, 5) is 7.37. The molecule has 0 saturated heterocycles. The highest BCUT2D eigenvalue weighted by Gasteiger charge is 2.42. The van der Waals surface area contributed by atoms with Gasteiger partial charge in [-0.05, 0) is 50.3 Å². The van der Waals surface area contributed by atoms with E-state index in [4.69, 9.17) is 21.1 Å². The molecule has 5 nitrogen and oxygen atoms in total. The van der Waals surface area contributed by atoms with Crippen molar-refractivity contribution in [1.29, 1.82) is 4.78 Å². The molecule has 2 aromatic rings. The minimum Gasteiger partial charge on any atom is -0.362 e. The second-order valence-corrected chi connectivity index (χ2v) is 9.99. The number of hydrogen-bond donors (Lipinski definition) is 2. The molecular formula is C19H23ClF3N3O2S. The fraction of sp³-hybridized carbons (Fsp3) is 0.526. The first-order valence-electron chi connectivity index (χ1n) is 9.23. The number of nitrogens with zero attached hydrogens (tertiary/aromatic N) is 1. The number of nitrogens with one attached hydrogen (secondary N) is 2. The van der Waals surface area contributed by atoms with E-state index in [-0.39, 0.29) is 36.8 Å². The van der Waals surface area contributed by atoms with Crippen molar-refractivity contribution in [2.45, 2.75) is 56.0 Å². The van der Waals surface area contributed by atoms with Gasteiger partial charge in [0.05, 0.1) is 21.8 Å². The van der Waals surface area contributed by atoms with E-state index in [1.807, 2.05) is 0 Å². The number of imidazole rings is 1. The highest BCUT2D eigenvalue weighted by molar-refractivity contribution is 7.91. The normalized spacial score (nSPS) is 23.5. The molecule has 29 heavy (non-hydrogen) atoms. The maximum Gasteiger partial charge on any atom is 0.391 e. The van der Waals surface area contributed by atoms with Crippen molar-refractivity contribution in [2.75, 3.05) is 6.26 Å². The van der Waals surface area contributed by atoms with Gasteiger partial charge in [-0.2, -0.15) is 13.2 Å². The molecule has 0 aliphatic heterocycles. The summed E-state index contributed by atoms with van der Waals surface area (Å²) in [6.45, 7) is 1.67. The average molecular weight is 450 g/mol. The van der Waals surface area contributed by atoms with Crippen LogP contribution in [0.4, 0.5) is 13.2 Å². The number of hydrogen-bond acceptors (Lipinski definition) is 4. The van der Waals surface area contributed by atoms with Gasteiger partial charge in [0.1, 0.15) is 11.9 Å². The molecule has 0 radical (unpaired) electrons. The van der Waals surface area contributed by atoms with Crippen LogP contribution >= 0.6 is 11.6 Å². The number of aromatic nitrogens is 2. The Hall–Kier alpha value is -1.58. The molecule has 0 spiro atoms. The quantitative estimate of drug-likeness (QED) is 0.620. The molecule has 0 amide bonds. The molecule has 3 rings (SSSR count). The lowest BCUT2D eigenvalue weighted by Crippen LogP contribution is -2.31. The van der Waals surface area contributed by atoms with E-state index in [0.29, 0.717) is 22.1 Å². The molecule has 1 aliphatic rings. The van der Waals surface area contributed by atoms with Crippen molar-refractivity contribution in [3.63, 3.8) is 0 Å². The van der Waals surface area contributed by atoms with Gasteiger partial charge < -0.3 is 9.72 Å². The van der Waals surface area contributed by atoms with Crippen molar-refractivity contribution in [2.24, 2.45) is 5.92 Å². The Bertz CT molecular complexity index is 967. The standard InChI is InChI=1S/C19H23ClF3N3O2S/c1-11-18(29(2,24)27)26-17(25-11)16(12-4-3-5-14(20)10-12)28-15-8-6-13(7-9-15)19(21,22)23/h3-5,10,13,15-16,24H,6-9H2,1-2H3,(H,25,26). The Balaban J connectivity index is 1.88. The van der Waals surface area contributed by atoms with E-state index in [9.17, 15) is 17.4 Å². The molecule has 2 atom stereocenters. The molecule has 160 valence electrons. The van der Waals surface area contributed by atoms with Gasteiger partial charge in [-0.15, -0.1) is 0 Å². The first-order valence-corrected chi connectivity index (χ1v) is 11.6. The Morgan fingerprint density at radius 2 is 1.97 bits per heavy atom. The summed E-state index contributed by atoms with van der Waals surface area (Å²) in [6, 6.07) is 6.95. The fourth-order valence-electron chi connectivity index (χ4n) is 3.66. The van der Waals surface area contributed by atoms with Gasteiger partial charge in [0, 0.05) is 17.0 Å². The molecule has 10 heteroatoms. The summed E-state index contributed by atoms with van der Waals surface area (Å²) >= 11 is 6.11. The number of alkyl halides is 3. The monoisotopic (exact) mass is 449 g/mol. The number of aryl methyl sites for hydroxylation is 1. The van der Waals surface area contributed by atoms with Crippen LogP contribution in [-0.4, -0.2) is 32.7 Å². The second kappa shape index (κ2) is 8.28. The van der Waals surface area contributed by atoms with Crippen molar-refractivity contribution < 1.29 is 22.1 Å². The Kier molecular flexibility index (Phi) is 6.31. The van der Waals surface area contributed by atoms with Crippen LogP contribution in [-0.2, 0) is 14.5 Å². The van der Waals surface area contributed by atoms with Crippen LogP contribution in [0, 0.1) is 17.6 Å². The molecule has 1 heterocycles. The average Bonchev–Trinajstić information content (AvgIpc) is 3.01. The Morgan fingerprint density at radius 1 is 1.31 bits per heavy atom. The number of benzene rings is 1. The first-order chi connectivity index (χ1) is 13.4. The number of rotatable bonds is 5. The maximum absolute atomic E-state index is 12.9. The third-order valence-electron chi connectivity index (χ3n) is 5.09. The lowest BCUT2D eigenvalue weighted by atomic mass is 9.87. The van der Waals surface area contributed by atoms with Crippen molar-refractivity contribution in [1.82, 2.24) is 9.97 Å². The van der Waals surface area contributed by atoms with Crippen LogP contribution in [0.25, 0.3) is 0 Å². The predicted octanol–water partition coefficient (Wildman–Crippen LogP) is 5.63. The van der Waals surface area contributed by atoms with Gasteiger partial charge in [-0.3, -0.25) is 0 Å². The minimum atomic E-state index is -4.18. The van der Waals surface area contributed by atoms with Gasteiger partial charge in [0.25, 0.3) is 0 Å². The minimum absolute atomic E-state index is 0.0222. The molecule has 0 bridgehead atoms. The van der Waals surface area contributed by atoms with Gasteiger partial charge >= 0.3 is 6.18 Å². The first kappa shape index (κ1) is 22.1. The van der Waals surface area contributed by atoms with Crippen LogP contribution in [0.1, 0.15) is 48.9 Å². The number of H-pyrrole nitrogens is 1. The zero-order valence-electron chi connectivity index (χ0n) is 16.1. The van der Waals surface area contributed by atoms with Crippen LogP contribution in [0.2, 0.25) is 5.02 Å². The topological polar surface area (TPSA) is 78.8 Å². The van der Waals surface area contributed by atoms with Gasteiger partial charge in [0.2, 0.25) is 0 Å². The Labute approximate surface area is 173 Å². The van der Waals surface area contributed by atoms with E-state index < -0.39 is 27.9 Å². The summed E-state index contributed by atoms with van der Waals surface area (Å²) in [6.07, 6.45) is -3.35. The van der Waals surface area contributed by atoms with Gasteiger partial charge in [0.15, 0.2) is 5.03 Å². The van der Waals surface area contributed by atoms with Crippen molar-refractivity contribution in [3.05, 3.63) is 46.4 Å². The zero-order chi connectivity index (χ0) is 21.4. The van der Waals surface area contributed by atoms with Crippen LogP contribution in [0.5, 0.6) is 0 Å². The van der Waals surface area contributed by atoms with E-state index in [2.05, 4.69) is 9.97 Å². The van der Waals surface area contributed by atoms with E-state index >= 15 is 0 Å². The Morgan fingerprint density at radius 3 is 2.48 bits per heavy atom. The summed E-state index contributed by atoms with van der Waals surface area (Å²) < 4.78 is 65.0. The SMILES string of the molecule is Cc1[nH]c(C(OC2CCC(C(F)(F)F)CC2)c2cccc(Cl)c2)nc1S(C)(=N)=O. The van der Waals surface area contributed by atoms with Gasteiger partial charge in [-0.1, -0.05) is 23.7 Å². The number of halogens is 4.